The van der Waals surface area contributed by atoms with Gasteiger partial charge in [-0.1, -0.05) is 35.5 Å². The largest absolute Gasteiger partial charge is 0.231 e. The second-order valence-electron chi connectivity index (χ2n) is 2.95. The maximum absolute atomic E-state index is 5.89. The average molecular weight is 237 g/mol. The highest BCUT2D eigenvalue weighted by Crippen LogP contribution is 2.20. The number of benzene rings is 1. The lowest BCUT2D eigenvalue weighted by Gasteiger charge is -2.00. The van der Waals surface area contributed by atoms with Crippen molar-refractivity contribution >= 4 is 23.4 Å². The molecule has 76 valence electrons. The molecule has 2 aromatic rings. The molecule has 0 spiro atoms. The monoisotopic (exact) mass is 236 g/mol. The molecule has 0 aliphatic heterocycles. The summed E-state index contributed by atoms with van der Waals surface area (Å²) in [5, 5.41) is 1.56. The number of rotatable bonds is 3. The normalized spacial score (nSPS) is 10.2. The van der Waals surface area contributed by atoms with Crippen LogP contribution in [-0.4, -0.2) is 9.97 Å². The van der Waals surface area contributed by atoms with E-state index in [1.807, 2.05) is 30.3 Å². The minimum atomic E-state index is 0.766. The van der Waals surface area contributed by atoms with Crippen molar-refractivity contribution in [1.82, 2.24) is 9.97 Å². The lowest BCUT2D eigenvalue weighted by molar-refractivity contribution is 0.966. The van der Waals surface area contributed by atoms with Crippen LogP contribution in [-0.2, 0) is 5.75 Å². The van der Waals surface area contributed by atoms with Gasteiger partial charge in [0.1, 0.15) is 0 Å². The summed E-state index contributed by atoms with van der Waals surface area (Å²) < 4.78 is 0. The van der Waals surface area contributed by atoms with Crippen LogP contribution in [0.5, 0.6) is 0 Å². The van der Waals surface area contributed by atoms with Gasteiger partial charge in [-0.05, 0) is 23.8 Å². The van der Waals surface area contributed by atoms with Gasteiger partial charge in [0.25, 0.3) is 0 Å². The van der Waals surface area contributed by atoms with Crippen molar-refractivity contribution in [2.24, 2.45) is 0 Å². The molecule has 0 aliphatic rings. The Balaban J connectivity index is 1.99. The SMILES string of the molecule is Clc1cccc(CSc2ncccn2)c1. The minimum Gasteiger partial charge on any atom is -0.231 e. The second kappa shape index (κ2) is 5.14. The van der Waals surface area contributed by atoms with Crippen LogP contribution in [0.1, 0.15) is 5.56 Å². The smallest absolute Gasteiger partial charge is 0.187 e. The van der Waals surface area contributed by atoms with Crippen LogP contribution in [0, 0.1) is 0 Å². The van der Waals surface area contributed by atoms with Crippen molar-refractivity contribution in [2.45, 2.75) is 10.9 Å². The average Bonchev–Trinajstić information content (AvgIpc) is 2.28. The maximum atomic E-state index is 5.89. The summed E-state index contributed by atoms with van der Waals surface area (Å²) in [6, 6.07) is 9.63. The van der Waals surface area contributed by atoms with Gasteiger partial charge in [-0.2, -0.15) is 0 Å². The Morgan fingerprint density at radius 3 is 2.67 bits per heavy atom. The highest BCUT2D eigenvalue weighted by molar-refractivity contribution is 7.98. The van der Waals surface area contributed by atoms with Crippen LogP contribution < -0.4 is 0 Å². The highest BCUT2D eigenvalue weighted by atomic mass is 35.5. The van der Waals surface area contributed by atoms with E-state index in [4.69, 9.17) is 11.6 Å². The van der Waals surface area contributed by atoms with Gasteiger partial charge < -0.3 is 0 Å². The predicted octanol–water partition coefficient (Wildman–Crippen LogP) is 3.42. The van der Waals surface area contributed by atoms with Crippen LogP contribution >= 0.6 is 23.4 Å². The maximum Gasteiger partial charge on any atom is 0.187 e. The molecule has 1 aromatic heterocycles. The van der Waals surface area contributed by atoms with Gasteiger partial charge in [0, 0.05) is 23.2 Å². The molecule has 0 N–H and O–H groups in total. The molecule has 0 bridgehead atoms. The van der Waals surface area contributed by atoms with Gasteiger partial charge in [-0.25, -0.2) is 9.97 Å². The first-order valence-corrected chi connectivity index (χ1v) is 5.85. The zero-order chi connectivity index (χ0) is 10.5. The third kappa shape index (κ3) is 3.22. The number of hydrogen-bond donors (Lipinski definition) is 0. The van der Waals surface area contributed by atoms with Crippen molar-refractivity contribution in [2.75, 3.05) is 0 Å². The molecule has 0 fully saturated rings. The molecular weight excluding hydrogens is 228 g/mol. The van der Waals surface area contributed by atoms with Crippen LogP contribution in [0.15, 0.2) is 47.9 Å². The summed E-state index contributed by atoms with van der Waals surface area (Å²) in [6.07, 6.45) is 3.49. The third-order valence-corrected chi connectivity index (χ3v) is 2.98. The summed E-state index contributed by atoms with van der Waals surface area (Å²) in [5.74, 6) is 0.838. The Hall–Kier alpha value is -1.06. The molecular formula is C11H9ClN2S. The van der Waals surface area contributed by atoms with Gasteiger partial charge in [0.05, 0.1) is 0 Å². The van der Waals surface area contributed by atoms with E-state index in [9.17, 15) is 0 Å². The molecule has 4 heteroatoms. The summed E-state index contributed by atoms with van der Waals surface area (Å²) in [7, 11) is 0. The van der Waals surface area contributed by atoms with E-state index in [1.165, 1.54) is 5.56 Å². The molecule has 0 radical (unpaired) electrons. The third-order valence-electron chi connectivity index (χ3n) is 1.80. The van der Waals surface area contributed by atoms with Crippen molar-refractivity contribution in [3.63, 3.8) is 0 Å². The molecule has 0 aliphatic carbocycles. The fourth-order valence-electron chi connectivity index (χ4n) is 1.13. The first-order valence-electron chi connectivity index (χ1n) is 4.49. The number of thioether (sulfide) groups is 1. The molecule has 0 saturated carbocycles. The van der Waals surface area contributed by atoms with Crippen LogP contribution in [0.4, 0.5) is 0 Å². The number of nitrogens with zero attached hydrogens (tertiary/aromatic N) is 2. The zero-order valence-electron chi connectivity index (χ0n) is 7.93. The minimum absolute atomic E-state index is 0.766. The zero-order valence-corrected chi connectivity index (χ0v) is 9.50. The van der Waals surface area contributed by atoms with Crippen LogP contribution in [0.3, 0.4) is 0 Å². The summed E-state index contributed by atoms with van der Waals surface area (Å²) in [5.41, 5.74) is 1.18. The molecule has 1 heterocycles. The Morgan fingerprint density at radius 2 is 1.93 bits per heavy atom. The van der Waals surface area contributed by atoms with E-state index >= 15 is 0 Å². The standard InChI is InChI=1S/C11H9ClN2S/c12-10-4-1-3-9(7-10)8-15-11-13-5-2-6-14-11/h1-7H,8H2. The highest BCUT2D eigenvalue weighted by Gasteiger charge is 1.98. The van der Waals surface area contributed by atoms with Gasteiger partial charge >= 0.3 is 0 Å². The topological polar surface area (TPSA) is 25.8 Å². The van der Waals surface area contributed by atoms with Crippen molar-refractivity contribution in [1.29, 1.82) is 0 Å². The predicted molar refractivity (Wildman–Crippen MR) is 63.0 cm³/mol. The summed E-state index contributed by atoms with van der Waals surface area (Å²) in [6.45, 7) is 0. The molecule has 0 amide bonds. The van der Waals surface area contributed by atoms with E-state index in [-0.39, 0.29) is 0 Å². The number of aromatic nitrogens is 2. The first kappa shape index (κ1) is 10.5. The molecule has 15 heavy (non-hydrogen) atoms. The Labute approximate surface area is 97.7 Å². The van der Waals surface area contributed by atoms with E-state index < -0.39 is 0 Å². The van der Waals surface area contributed by atoms with Crippen molar-refractivity contribution < 1.29 is 0 Å². The van der Waals surface area contributed by atoms with E-state index in [1.54, 1.807) is 24.2 Å². The fourth-order valence-corrected chi connectivity index (χ4v) is 2.09. The number of halogens is 1. The number of hydrogen-bond acceptors (Lipinski definition) is 3. The molecule has 1 aromatic carbocycles. The summed E-state index contributed by atoms with van der Waals surface area (Å²) >= 11 is 7.49. The second-order valence-corrected chi connectivity index (χ2v) is 4.33. The van der Waals surface area contributed by atoms with E-state index in [0.717, 1.165) is 15.9 Å². The molecule has 0 saturated heterocycles. The Morgan fingerprint density at radius 1 is 1.13 bits per heavy atom. The van der Waals surface area contributed by atoms with Gasteiger partial charge in [-0.3, -0.25) is 0 Å². The molecule has 0 unspecified atom stereocenters. The van der Waals surface area contributed by atoms with Crippen LogP contribution in [0.25, 0.3) is 0 Å². The molecule has 2 rings (SSSR count). The van der Waals surface area contributed by atoms with Crippen molar-refractivity contribution in [3.8, 4) is 0 Å². The first-order chi connectivity index (χ1) is 7.34. The van der Waals surface area contributed by atoms with Crippen molar-refractivity contribution in [3.05, 3.63) is 53.3 Å². The lowest BCUT2D eigenvalue weighted by Crippen LogP contribution is -1.85. The molecule has 2 nitrogen and oxygen atoms in total. The Bertz CT molecular complexity index is 434. The van der Waals surface area contributed by atoms with Gasteiger partial charge in [0.15, 0.2) is 5.16 Å². The summed E-state index contributed by atoms with van der Waals surface area (Å²) in [4.78, 5) is 8.27. The lowest BCUT2D eigenvalue weighted by atomic mass is 10.2. The van der Waals surface area contributed by atoms with Gasteiger partial charge in [0.2, 0.25) is 0 Å². The molecule has 0 atom stereocenters. The fraction of sp³-hybridized carbons (Fsp3) is 0.0909. The van der Waals surface area contributed by atoms with Crippen LogP contribution in [0.2, 0.25) is 5.02 Å². The van der Waals surface area contributed by atoms with Gasteiger partial charge in [-0.15, -0.1) is 0 Å². The Kier molecular flexibility index (Phi) is 3.59. The van der Waals surface area contributed by atoms with E-state index in [2.05, 4.69) is 9.97 Å². The quantitative estimate of drug-likeness (QED) is 0.603. The van der Waals surface area contributed by atoms with E-state index in [0.29, 0.717) is 0 Å².